The molecule has 2 rings (SSSR count). The van der Waals surface area contributed by atoms with E-state index in [4.69, 9.17) is 27.9 Å². The van der Waals surface area contributed by atoms with E-state index >= 15 is 0 Å². The Morgan fingerprint density at radius 1 is 1.07 bits per heavy atom. The average Bonchev–Trinajstić information content (AvgIpc) is 2.71. The molecule has 0 unspecified atom stereocenters. The minimum absolute atomic E-state index is 0.0184. The highest BCUT2D eigenvalue weighted by molar-refractivity contribution is 7.89. The zero-order valence-electron chi connectivity index (χ0n) is 16.6. The zero-order chi connectivity index (χ0) is 22.5. The Balaban J connectivity index is 2.04. The lowest BCUT2D eigenvalue weighted by atomic mass is 10.1. The molecule has 10 heteroatoms. The van der Waals surface area contributed by atoms with Gasteiger partial charge in [-0.05, 0) is 36.6 Å². The fourth-order valence-corrected chi connectivity index (χ4v) is 4.28. The highest BCUT2D eigenvalue weighted by Crippen LogP contribution is 2.32. The van der Waals surface area contributed by atoms with Crippen LogP contribution in [0, 0.1) is 12.8 Å². The molecular weight excluding hydrogens is 451 g/mol. The first-order valence-corrected chi connectivity index (χ1v) is 11.2. The van der Waals surface area contributed by atoms with E-state index in [0.717, 1.165) is 0 Å². The number of carbonyl (C=O) groups is 2. The first-order chi connectivity index (χ1) is 14.0. The number of esters is 1. The van der Waals surface area contributed by atoms with E-state index in [1.165, 1.54) is 12.1 Å². The van der Waals surface area contributed by atoms with Crippen molar-refractivity contribution in [3.05, 3.63) is 58.1 Å². The standard InChI is InChI=1S/C20H22Cl2N2O5S/c1-12(2)18(24-30(27,28)14-7-5-4-6-8-14)20(26)29-11-16(25)23-19-15(21)10-9-13(3)17(19)22/h4-10,12,18,24H,11H2,1-3H3,(H,23,25)/t18-/m0/s1. The third kappa shape index (κ3) is 6.18. The van der Waals surface area contributed by atoms with Crippen molar-refractivity contribution in [3.8, 4) is 0 Å². The van der Waals surface area contributed by atoms with Crippen LogP contribution in [0.15, 0.2) is 47.4 Å². The number of amides is 1. The maximum Gasteiger partial charge on any atom is 0.324 e. The smallest absolute Gasteiger partial charge is 0.324 e. The van der Waals surface area contributed by atoms with Crippen molar-refractivity contribution in [1.29, 1.82) is 0 Å². The lowest BCUT2D eigenvalue weighted by molar-refractivity contribution is -0.150. The minimum Gasteiger partial charge on any atom is -0.454 e. The molecule has 0 aliphatic carbocycles. The molecule has 7 nitrogen and oxygen atoms in total. The molecule has 0 radical (unpaired) electrons. The molecule has 1 amide bonds. The van der Waals surface area contributed by atoms with Gasteiger partial charge < -0.3 is 10.1 Å². The molecule has 0 spiro atoms. The number of aryl methyl sites for hydroxylation is 1. The summed E-state index contributed by atoms with van der Waals surface area (Å²) in [6.45, 7) is 4.44. The van der Waals surface area contributed by atoms with E-state index in [-0.39, 0.29) is 20.6 Å². The second kappa shape index (κ2) is 10.3. The van der Waals surface area contributed by atoms with Gasteiger partial charge >= 0.3 is 5.97 Å². The molecule has 2 aromatic rings. The summed E-state index contributed by atoms with van der Waals surface area (Å²) in [6, 6.07) is 9.76. The van der Waals surface area contributed by atoms with E-state index in [9.17, 15) is 18.0 Å². The van der Waals surface area contributed by atoms with Crippen molar-refractivity contribution < 1.29 is 22.7 Å². The van der Waals surface area contributed by atoms with Crippen LogP contribution in [-0.4, -0.2) is 32.9 Å². The predicted octanol–water partition coefficient (Wildman–Crippen LogP) is 3.79. The molecule has 0 heterocycles. The van der Waals surface area contributed by atoms with Gasteiger partial charge in [0.05, 0.1) is 20.6 Å². The van der Waals surface area contributed by atoms with Gasteiger partial charge in [0.1, 0.15) is 6.04 Å². The summed E-state index contributed by atoms with van der Waals surface area (Å²) in [5, 5.41) is 3.01. The Labute approximate surface area is 185 Å². The topological polar surface area (TPSA) is 102 Å². The van der Waals surface area contributed by atoms with Gasteiger partial charge in [0.25, 0.3) is 5.91 Å². The van der Waals surface area contributed by atoms with E-state index in [0.29, 0.717) is 5.56 Å². The molecule has 0 aromatic heterocycles. The second-order valence-electron chi connectivity index (χ2n) is 6.87. The van der Waals surface area contributed by atoms with Crippen molar-refractivity contribution >= 4 is 50.8 Å². The van der Waals surface area contributed by atoms with E-state index in [1.54, 1.807) is 51.1 Å². The van der Waals surface area contributed by atoms with Gasteiger partial charge in [-0.25, -0.2) is 8.42 Å². The third-order valence-corrected chi connectivity index (χ3v) is 6.41. The summed E-state index contributed by atoms with van der Waals surface area (Å²) in [5.41, 5.74) is 0.924. The van der Waals surface area contributed by atoms with Crippen molar-refractivity contribution in [2.45, 2.75) is 31.7 Å². The summed E-state index contributed by atoms with van der Waals surface area (Å²) in [7, 11) is -3.94. The molecule has 0 saturated carbocycles. The molecule has 2 N–H and O–H groups in total. The van der Waals surface area contributed by atoms with Gasteiger partial charge in [0.15, 0.2) is 6.61 Å². The molecule has 0 aliphatic heterocycles. The molecule has 0 fully saturated rings. The Morgan fingerprint density at radius 2 is 1.70 bits per heavy atom. The highest BCUT2D eigenvalue weighted by Gasteiger charge is 2.30. The van der Waals surface area contributed by atoms with Crippen LogP contribution >= 0.6 is 23.2 Å². The van der Waals surface area contributed by atoms with Crippen LogP contribution < -0.4 is 10.0 Å². The first-order valence-electron chi connectivity index (χ1n) is 9.01. The summed E-state index contributed by atoms with van der Waals surface area (Å²) in [4.78, 5) is 24.7. The van der Waals surface area contributed by atoms with Crippen LogP contribution in [0.1, 0.15) is 19.4 Å². The largest absolute Gasteiger partial charge is 0.454 e. The minimum atomic E-state index is -3.94. The molecule has 0 aliphatic rings. The molecule has 1 atom stereocenters. The van der Waals surface area contributed by atoms with Crippen molar-refractivity contribution in [3.63, 3.8) is 0 Å². The maximum atomic E-state index is 12.5. The third-order valence-electron chi connectivity index (χ3n) is 4.15. The van der Waals surface area contributed by atoms with Gasteiger partial charge in [-0.1, -0.05) is 61.3 Å². The van der Waals surface area contributed by atoms with Crippen LogP contribution in [0.4, 0.5) is 5.69 Å². The normalized spacial score (nSPS) is 12.5. The summed E-state index contributed by atoms with van der Waals surface area (Å²) < 4.78 is 32.4. The zero-order valence-corrected chi connectivity index (χ0v) is 18.9. The lowest BCUT2D eigenvalue weighted by Gasteiger charge is -2.21. The van der Waals surface area contributed by atoms with Gasteiger partial charge in [0.2, 0.25) is 10.0 Å². The van der Waals surface area contributed by atoms with Crippen LogP contribution in [0.2, 0.25) is 10.0 Å². The number of anilines is 1. The van der Waals surface area contributed by atoms with Gasteiger partial charge in [0, 0.05) is 0 Å². The number of halogens is 2. The Hall–Kier alpha value is -2.13. The van der Waals surface area contributed by atoms with E-state index in [1.807, 2.05) is 0 Å². The number of hydrogen-bond acceptors (Lipinski definition) is 5. The molecule has 0 saturated heterocycles. The Kier molecular flexibility index (Phi) is 8.25. The van der Waals surface area contributed by atoms with E-state index in [2.05, 4.69) is 10.0 Å². The number of nitrogens with one attached hydrogen (secondary N) is 2. The maximum absolute atomic E-state index is 12.5. The number of carbonyl (C=O) groups excluding carboxylic acids is 2. The van der Waals surface area contributed by atoms with Gasteiger partial charge in [-0.3, -0.25) is 9.59 Å². The van der Waals surface area contributed by atoms with Gasteiger partial charge in [-0.2, -0.15) is 4.72 Å². The lowest BCUT2D eigenvalue weighted by Crippen LogP contribution is -2.45. The van der Waals surface area contributed by atoms with Gasteiger partial charge in [-0.15, -0.1) is 0 Å². The SMILES string of the molecule is Cc1ccc(Cl)c(NC(=O)COC(=O)[C@@H](NS(=O)(=O)c2ccccc2)C(C)C)c1Cl. The Morgan fingerprint density at radius 3 is 2.30 bits per heavy atom. The molecule has 162 valence electrons. The number of hydrogen-bond donors (Lipinski definition) is 2. The summed E-state index contributed by atoms with van der Waals surface area (Å²) in [6.07, 6.45) is 0. The Bertz CT molecular complexity index is 1030. The highest BCUT2D eigenvalue weighted by atomic mass is 35.5. The monoisotopic (exact) mass is 472 g/mol. The van der Waals surface area contributed by atoms with Crippen LogP contribution in [0.5, 0.6) is 0 Å². The molecule has 2 aromatic carbocycles. The van der Waals surface area contributed by atoms with Crippen molar-refractivity contribution in [1.82, 2.24) is 4.72 Å². The number of sulfonamides is 1. The molecule has 0 bridgehead atoms. The van der Waals surface area contributed by atoms with Crippen LogP contribution in [0.3, 0.4) is 0 Å². The predicted molar refractivity (Wildman–Crippen MR) is 116 cm³/mol. The molecule has 30 heavy (non-hydrogen) atoms. The number of rotatable bonds is 8. The quantitative estimate of drug-likeness (QED) is 0.569. The summed E-state index contributed by atoms with van der Waals surface area (Å²) in [5.74, 6) is -1.95. The number of benzene rings is 2. The van der Waals surface area contributed by atoms with Crippen LogP contribution in [0.25, 0.3) is 0 Å². The van der Waals surface area contributed by atoms with Crippen molar-refractivity contribution in [2.75, 3.05) is 11.9 Å². The number of ether oxygens (including phenoxy) is 1. The first kappa shape index (κ1) is 24.1. The van der Waals surface area contributed by atoms with Crippen LogP contribution in [-0.2, 0) is 24.3 Å². The average molecular weight is 473 g/mol. The van der Waals surface area contributed by atoms with E-state index < -0.39 is 40.5 Å². The summed E-state index contributed by atoms with van der Waals surface area (Å²) >= 11 is 12.2. The second-order valence-corrected chi connectivity index (χ2v) is 9.36. The fraction of sp³-hybridized carbons (Fsp3) is 0.300. The molecular formula is C20H22Cl2N2O5S. The van der Waals surface area contributed by atoms with Crippen molar-refractivity contribution in [2.24, 2.45) is 5.92 Å². The fourth-order valence-electron chi connectivity index (χ4n) is 2.46.